The number of alkyl halides is 3. The van der Waals surface area contributed by atoms with Crippen LogP contribution in [0, 0.1) is 0 Å². The third-order valence-electron chi connectivity index (χ3n) is 2.78. The topological polar surface area (TPSA) is 69.6 Å². The van der Waals surface area contributed by atoms with E-state index in [9.17, 15) is 13.2 Å². The van der Waals surface area contributed by atoms with Crippen molar-refractivity contribution < 1.29 is 13.2 Å². The molecule has 3 heterocycles. The van der Waals surface area contributed by atoms with Gasteiger partial charge in [0.1, 0.15) is 5.82 Å². The third kappa shape index (κ3) is 2.42. The van der Waals surface area contributed by atoms with Crippen LogP contribution in [0.5, 0.6) is 0 Å². The van der Waals surface area contributed by atoms with Crippen LogP contribution in [0.15, 0.2) is 29.9 Å². The summed E-state index contributed by atoms with van der Waals surface area (Å²) in [7, 11) is 0. The summed E-state index contributed by atoms with van der Waals surface area (Å²) in [5.41, 5.74) is 4.47. The number of hydrogen-bond acceptors (Lipinski definition) is 5. The highest BCUT2D eigenvalue weighted by atomic mass is 35.5. The van der Waals surface area contributed by atoms with E-state index in [4.69, 9.17) is 17.3 Å². The molecule has 0 aliphatic rings. The molecule has 3 rings (SSSR count). The van der Waals surface area contributed by atoms with E-state index in [1.54, 1.807) is 5.38 Å². The van der Waals surface area contributed by atoms with Crippen molar-refractivity contribution in [3.05, 3.63) is 40.6 Å². The predicted molar refractivity (Wildman–Crippen MR) is 76.9 cm³/mol. The van der Waals surface area contributed by atoms with Crippen molar-refractivity contribution in [2.24, 2.45) is 0 Å². The van der Waals surface area contributed by atoms with Gasteiger partial charge in [-0.15, -0.1) is 11.3 Å². The highest BCUT2D eigenvalue weighted by Gasteiger charge is 2.40. The van der Waals surface area contributed by atoms with Crippen molar-refractivity contribution >= 4 is 28.8 Å². The predicted octanol–water partition coefficient (Wildman–Crippen LogP) is 3.65. The van der Waals surface area contributed by atoms with Gasteiger partial charge in [-0.2, -0.15) is 23.0 Å². The molecule has 0 aliphatic heterocycles. The molecule has 0 spiro atoms. The fourth-order valence-corrected chi connectivity index (χ4v) is 3.08. The van der Waals surface area contributed by atoms with Crippen molar-refractivity contribution in [2.75, 3.05) is 5.73 Å². The molecular weight excluding hydrogens is 339 g/mol. The fraction of sp³-hybridized carbons (Fsp3) is 0.0833. The van der Waals surface area contributed by atoms with Crippen LogP contribution in [0.2, 0.25) is 5.02 Å². The molecule has 10 heteroatoms. The number of nitrogens with zero attached hydrogens (tertiary/aromatic N) is 4. The molecule has 0 aromatic carbocycles. The van der Waals surface area contributed by atoms with Crippen LogP contribution in [0.3, 0.4) is 0 Å². The first-order chi connectivity index (χ1) is 10.4. The SMILES string of the molecule is Nc1c(-c2sccc2Cl)c(C(F)(F)F)nn1-c1ncccn1. The quantitative estimate of drug-likeness (QED) is 0.769. The summed E-state index contributed by atoms with van der Waals surface area (Å²) in [6.07, 6.45) is -1.92. The first-order valence-corrected chi connectivity index (χ1v) is 7.12. The Balaban J connectivity index is 2.29. The minimum atomic E-state index is -4.68. The summed E-state index contributed by atoms with van der Waals surface area (Å²) in [6.45, 7) is 0. The smallest absolute Gasteiger partial charge is 0.383 e. The van der Waals surface area contributed by atoms with E-state index in [0.29, 0.717) is 0 Å². The van der Waals surface area contributed by atoms with Crippen LogP contribution in [0.1, 0.15) is 5.69 Å². The maximum Gasteiger partial charge on any atom is 0.435 e. The second-order valence-electron chi connectivity index (χ2n) is 4.16. The molecule has 2 N–H and O–H groups in total. The van der Waals surface area contributed by atoms with E-state index in [1.165, 1.54) is 24.5 Å². The molecule has 0 amide bonds. The lowest BCUT2D eigenvalue weighted by molar-refractivity contribution is -0.140. The molecule has 0 bridgehead atoms. The number of nitrogens with two attached hydrogens (primary N) is 1. The average molecular weight is 346 g/mol. The van der Waals surface area contributed by atoms with Gasteiger partial charge in [0.2, 0.25) is 0 Å². The summed E-state index contributed by atoms with van der Waals surface area (Å²) in [5, 5.41) is 5.29. The second kappa shape index (κ2) is 5.25. The van der Waals surface area contributed by atoms with E-state index >= 15 is 0 Å². The Hall–Kier alpha value is -2.13. The number of halogens is 4. The van der Waals surface area contributed by atoms with E-state index in [0.717, 1.165) is 16.0 Å². The molecule has 114 valence electrons. The zero-order chi connectivity index (χ0) is 15.9. The molecule has 0 aliphatic carbocycles. The zero-order valence-corrected chi connectivity index (χ0v) is 12.2. The lowest BCUT2D eigenvalue weighted by atomic mass is 10.2. The second-order valence-corrected chi connectivity index (χ2v) is 5.49. The standard InChI is InChI=1S/C12H7ClF3N5S/c13-6-2-5-22-8(6)7-9(12(14,15)16)20-21(10(7)17)11-18-3-1-4-19-11/h1-5H,17H2. The van der Waals surface area contributed by atoms with Crippen molar-refractivity contribution in [3.8, 4) is 16.4 Å². The highest BCUT2D eigenvalue weighted by molar-refractivity contribution is 7.14. The largest absolute Gasteiger partial charge is 0.435 e. The van der Waals surface area contributed by atoms with E-state index in [2.05, 4.69) is 15.1 Å². The van der Waals surface area contributed by atoms with Crippen LogP contribution in [0.4, 0.5) is 19.0 Å². The van der Waals surface area contributed by atoms with Crippen LogP contribution < -0.4 is 5.73 Å². The van der Waals surface area contributed by atoms with Gasteiger partial charge >= 0.3 is 6.18 Å². The molecule has 0 radical (unpaired) electrons. The van der Waals surface area contributed by atoms with Crippen LogP contribution >= 0.6 is 22.9 Å². The van der Waals surface area contributed by atoms with Gasteiger partial charge in [0.05, 0.1) is 15.5 Å². The zero-order valence-electron chi connectivity index (χ0n) is 10.7. The van der Waals surface area contributed by atoms with Gasteiger partial charge in [-0.3, -0.25) is 0 Å². The first kappa shape index (κ1) is 14.8. The lowest BCUT2D eigenvalue weighted by Crippen LogP contribution is -2.09. The highest BCUT2D eigenvalue weighted by Crippen LogP contribution is 2.44. The van der Waals surface area contributed by atoms with Crippen LogP contribution in [0.25, 0.3) is 16.4 Å². The average Bonchev–Trinajstić information content (AvgIpc) is 3.02. The molecule has 22 heavy (non-hydrogen) atoms. The molecule has 3 aromatic rings. The number of hydrogen-bond donors (Lipinski definition) is 1. The minimum Gasteiger partial charge on any atom is -0.383 e. The van der Waals surface area contributed by atoms with Crippen molar-refractivity contribution in [2.45, 2.75) is 6.18 Å². The van der Waals surface area contributed by atoms with Gasteiger partial charge < -0.3 is 5.73 Å². The van der Waals surface area contributed by atoms with Crippen LogP contribution in [-0.2, 0) is 6.18 Å². The normalized spacial score (nSPS) is 11.8. The van der Waals surface area contributed by atoms with Crippen LogP contribution in [-0.4, -0.2) is 19.7 Å². The third-order valence-corrected chi connectivity index (χ3v) is 4.13. The van der Waals surface area contributed by atoms with Gasteiger partial charge in [0, 0.05) is 12.4 Å². The first-order valence-electron chi connectivity index (χ1n) is 5.86. The van der Waals surface area contributed by atoms with E-state index < -0.39 is 11.9 Å². The minimum absolute atomic E-state index is 0.0515. The Labute approximate surface area is 131 Å². The monoisotopic (exact) mass is 345 g/mol. The Morgan fingerprint density at radius 3 is 2.45 bits per heavy atom. The number of thiophene rings is 1. The van der Waals surface area contributed by atoms with Gasteiger partial charge in [-0.1, -0.05) is 11.6 Å². The lowest BCUT2D eigenvalue weighted by Gasteiger charge is -2.05. The molecular formula is C12H7ClF3N5S. The summed E-state index contributed by atoms with van der Waals surface area (Å²) in [6, 6.07) is 3.03. The Morgan fingerprint density at radius 2 is 1.91 bits per heavy atom. The van der Waals surface area contributed by atoms with Crippen molar-refractivity contribution in [3.63, 3.8) is 0 Å². The summed E-state index contributed by atoms with van der Waals surface area (Å²) in [4.78, 5) is 7.93. The molecule has 0 atom stereocenters. The maximum atomic E-state index is 13.3. The molecule has 0 saturated carbocycles. The molecule has 3 aromatic heterocycles. The molecule has 0 saturated heterocycles. The maximum absolute atomic E-state index is 13.3. The number of nitrogen functional groups attached to an aromatic ring is 1. The number of aromatic nitrogens is 4. The number of anilines is 1. The Kier molecular flexibility index (Phi) is 3.53. The Morgan fingerprint density at radius 1 is 1.23 bits per heavy atom. The molecule has 0 unspecified atom stereocenters. The fourth-order valence-electron chi connectivity index (χ4n) is 1.88. The number of rotatable bonds is 2. The van der Waals surface area contributed by atoms with Gasteiger partial charge in [0.25, 0.3) is 5.95 Å². The van der Waals surface area contributed by atoms with Gasteiger partial charge in [-0.25, -0.2) is 9.97 Å². The van der Waals surface area contributed by atoms with E-state index in [1.807, 2.05) is 0 Å². The summed E-state index contributed by atoms with van der Waals surface area (Å²) >= 11 is 6.99. The molecule has 5 nitrogen and oxygen atoms in total. The van der Waals surface area contributed by atoms with Crippen molar-refractivity contribution in [1.82, 2.24) is 19.7 Å². The van der Waals surface area contributed by atoms with Crippen molar-refractivity contribution in [1.29, 1.82) is 0 Å². The Bertz CT molecular complexity index is 812. The van der Waals surface area contributed by atoms with E-state index in [-0.39, 0.29) is 27.2 Å². The summed E-state index contributed by atoms with van der Waals surface area (Å²) in [5.74, 6) is -0.271. The van der Waals surface area contributed by atoms with Gasteiger partial charge in [-0.05, 0) is 17.5 Å². The van der Waals surface area contributed by atoms with Gasteiger partial charge in [0.15, 0.2) is 5.69 Å². The molecule has 0 fully saturated rings. The summed E-state index contributed by atoms with van der Waals surface area (Å²) < 4.78 is 40.7.